The molecule has 0 bridgehead atoms. The van der Waals surface area contributed by atoms with Crippen molar-refractivity contribution >= 4 is 31.4 Å². The summed E-state index contributed by atoms with van der Waals surface area (Å²) in [4.78, 5) is 0.0796. The molecular formula is C44H30O4S. The predicted molar refractivity (Wildman–Crippen MR) is 198 cm³/mol. The van der Waals surface area contributed by atoms with Crippen LogP contribution in [0.15, 0.2) is 180 Å². The second-order valence-electron chi connectivity index (χ2n) is 12.1. The minimum Gasteiger partial charge on any atom is -0.507 e. The van der Waals surface area contributed by atoms with Gasteiger partial charge in [-0.05, 0) is 116 Å². The molecule has 0 radical (unpaired) electrons. The highest BCUT2D eigenvalue weighted by Gasteiger charge is 2.22. The van der Waals surface area contributed by atoms with E-state index in [9.17, 15) is 18.6 Å². The minimum atomic E-state index is -4.03. The van der Waals surface area contributed by atoms with Gasteiger partial charge in [-0.15, -0.1) is 0 Å². The molecular weight excluding hydrogens is 625 g/mol. The van der Waals surface area contributed by atoms with Crippen LogP contribution in [0.4, 0.5) is 0 Å². The first-order valence-electron chi connectivity index (χ1n) is 15.9. The van der Waals surface area contributed by atoms with Crippen molar-refractivity contribution in [2.24, 2.45) is 0 Å². The summed E-state index contributed by atoms with van der Waals surface area (Å²) in [6, 6.07) is 52.9. The Hall–Kier alpha value is -6.17. The van der Waals surface area contributed by atoms with E-state index in [1.54, 1.807) is 0 Å². The molecule has 2 N–H and O–H groups in total. The van der Waals surface area contributed by atoms with Crippen molar-refractivity contribution in [2.75, 3.05) is 0 Å². The Morgan fingerprint density at radius 2 is 0.714 bits per heavy atom. The Bertz CT molecular complexity index is 2480. The fourth-order valence-electron chi connectivity index (χ4n) is 6.43. The first kappa shape index (κ1) is 30.2. The Morgan fingerprint density at radius 1 is 0.327 bits per heavy atom. The van der Waals surface area contributed by atoms with Gasteiger partial charge in [0.2, 0.25) is 9.84 Å². The fraction of sp³-hybridized carbons (Fsp3) is 0. The number of phenols is 2. The van der Waals surface area contributed by atoms with Gasteiger partial charge >= 0.3 is 0 Å². The molecule has 4 nitrogen and oxygen atoms in total. The van der Waals surface area contributed by atoms with Crippen LogP contribution in [0.1, 0.15) is 0 Å². The van der Waals surface area contributed by atoms with E-state index in [4.69, 9.17) is 0 Å². The second kappa shape index (κ2) is 12.1. The maximum absolute atomic E-state index is 14.1. The molecule has 0 aliphatic heterocycles. The first-order valence-corrected chi connectivity index (χ1v) is 17.4. The monoisotopic (exact) mass is 654 g/mol. The third kappa shape index (κ3) is 5.71. The molecule has 0 aliphatic rings. The third-order valence-electron chi connectivity index (χ3n) is 9.07. The second-order valence-corrected chi connectivity index (χ2v) is 14.1. The number of fused-ring (bicyclic) bond motifs is 2. The molecule has 0 heterocycles. The smallest absolute Gasteiger partial charge is 0.206 e. The molecule has 0 atom stereocenters. The average molecular weight is 655 g/mol. The van der Waals surface area contributed by atoms with Crippen molar-refractivity contribution in [1.82, 2.24) is 0 Å². The normalized spacial score (nSPS) is 11.6. The summed E-state index contributed by atoms with van der Waals surface area (Å²) in [5.74, 6) is -0.0435. The molecule has 0 saturated heterocycles. The molecule has 0 saturated carbocycles. The van der Waals surface area contributed by atoms with Gasteiger partial charge in [-0.3, -0.25) is 0 Å². The molecule has 0 amide bonds. The lowest BCUT2D eigenvalue weighted by molar-refractivity contribution is 0.476. The molecule has 8 rings (SSSR count). The SMILES string of the molecule is O=S(=O)(c1ccc(O)c(-c2cccc(-c3ccc4ccccc4c3)c2)c1)c1ccc(O)c(-c2cccc(-c3ccc4ccccc4c3)c2)c1. The number of aromatic hydroxyl groups is 2. The third-order valence-corrected chi connectivity index (χ3v) is 10.8. The summed E-state index contributed by atoms with van der Waals surface area (Å²) in [5, 5.41) is 26.3. The largest absolute Gasteiger partial charge is 0.507 e. The molecule has 0 aromatic heterocycles. The number of benzene rings is 8. The number of phenolic OH excluding ortho intramolecular Hbond substituents is 2. The summed E-state index contributed by atoms with van der Waals surface area (Å²) in [5.41, 5.74) is 6.14. The zero-order chi connectivity index (χ0) is 33.5. The van der Waals surface area contributed by atoms with E-state index in [2.05, 4.69) is 60.7 Å². The van der Waals surface area contributed by atoms with Crippen molar-refractivity contribution in [3.63, 3.8) is 0 Å². The number of hydrogen-bond acceptors (Lipinski definition) is 4. The topological polar surface area (TPSA) is 74.6 Å². The van der Waals surface area contributed by atoms with E-state index in [1.807, 2.05) is 72.8 Å². The molecule has 0 spiro atoms. The van der Waals surface area contributed by atoms with Gasteiger partial charge in [0, 0.05) is 11.1 Å². The average Bonchev–Trinajstić information content (AvgIpc) is 3.14. The highest BCUT2D eigenvalue weighted by molar-refractivity contribution is 7.91. The van der Waals surface area contributed by atoms with E-state index >= 15 is 0 Å². The fourth-order valence-corrected chi connectivity index (χ4v) is 7.75. The molecule has 8 aromatic rings. The molecule has 49 heavy (non-hydrogen) atoms. The molecule has 8 aromatic carbocycles. The van der Waals surface area contributed by atoms with E-state index in [0.717, 1.165) is 43.8 Å². The van der Waals surface area contributed by atoms with Crippen molar-refractivity contribution in [3.8, 4) is 56.0 Å². The number of hydrogen-bond donors (Lipinski definition) is 2. The summed E-state index contributed by atoms with van der Waals surface area (Å²) < 4.78 is 28.2. The summed E-state index contributed by atoms with van der Waals surface area (Å²) in [7, 11) is -4.03. The molecule has 0 unspecified atom stereocenters. The van der Waals surface area contributed by atoms with Crippen LogP contribution >= 0.6 is 0 Å². The van der Waals surface area contributed by atoms with Crippen LogP contribution in [-0.4, -0.2) is 18.6 Å². The maximum atomic E-state index is 14.1. The minimum absolute atomic E-state index is 0.0217. The Balaban J connectivity index is 1.14. The summed E-state index contributed by atoms with van der Waals surface area (Å²) >= 11 is 0. The van der Waals surface area contributed by atoms with Gasteiger partial charge in [-0.2, -0.15) is 0 Å². The van der Waals surface area contributed by atoms with Crippen LogP contribution in [0.25, 0.3) is 66.1 Å². The number of sulfone groups is 1. The van der Waals surface area contributed by atoms with E-state index in [0.29, 0.717) is 22.3 Å². The van der Waals surface area contributed by atoms with E-state index in [1.165, 1.54) is 36.4 Å². The van der Waals surface area contributed by atoms with E-state index < -0.39 is 9.84 Å². The van der Waals surface area contributed by atoms with Crippen LogP contribution in [0.5, 0.6) is 11.5 Å². The van der Waals surface area contributed by atoms with E-state index in [-0.39, 0.29) is 21.3 Å². The van der Waals surface area contributed by atoms with Crippen LogP contribution in [0, 0.1) is 0 Å². The van der Waals surface area contributed by atoms with Crippen LogP contribution in [0.2, 0.25) is 0 Å². The molecule has 0 aliphatic carbocycles. The highest BCUT2D eigenvalue weighted by atomic mass is 32.2. The van der Waals surface area contributed by atoms with Gasteiger partial charge in [0.1, 0.15) is 11.5 Å². The lowest BCUT2D eigenvalue weighted by Crippen LogP contribution is -2.03. The Labute approximate surface area is 284 Å². The van der Waals surface area contributed by atoms with Gasteiger partial charge in [0.25, 0.3) is 0 Å². The maximum Gasteiger partial charge on any atom is 0.206 e. The molecule has 5 heteroatoms. The van der Waals surface area contributed by atoms with Crippen LogP contribution in [0.3, 0.4) is 0 Å². The summed E-state index contributed by atoms with van der Waals surface area (Å²) in [6.07, 6.45) is 0. The van der Waals surface area contributed by atoms with Gasteiger partial charge in [-0.1, -0.05) is 109 Å². The van der Waals surface area contributed by atoms with Crippen molar-refractivity contribution < 1.29 is 18.6 Å². The molecule has 236 valence electrons. The number of rotatable bonds is 6. The summed E-state index contributed by atoms with van der Waals surface area (Å²) in [6.45, 7) is 0. The Morgan fingerprint density at radius 3 is 1.16 bits per heavy atom. The molecule has 0 fully saturated rings. The lowest BCUT2D eigenvalue weighted by atomic mass is 9.97. The van der Waals surface area contributed by atoms with Crippen molar-refractivity contribution in [1.29, 1.82) is 0 Å². The van der Waals surface area contributed by atoms with Gasteiger partial charge in [-0.25, -0.2) is 8.42 Å². The van der Waals surface area contributed by atoms with Gasteiger partial charge < -0.3 is 10.2 Å². The van der Waals surface area contributed by atoms with Crippen molar-refractivity contribution in [2.45, 2.75) is 9.79 Å². The predicted octanol–water partition coefficient (Wildman–Crippen LogP) is 10.9. The zero-order valence-corrected chi connectivity index (χ0v) is 27.1. The first-order chi connectivity index (χ1) is 23.8. The standard InChI is InChI=1S/C44H30O4S/c45-43-21-19-39(27-41(43)37-13-5-11-33(25-37)35-17-15-29-7-1-3-9-31(29)23-35)49(47,48)40-20-22-44(46)42(28-40)38-14-6-12-34(26-38)36-18-16-30-8-2-4-10-32(30)24-36/h1-28,45-46H. The lowest BCUT2D eigenvalue weighted by Gasteiger charge is -2.13. The van der Waals surface area contributed by atoms with Crippen molar-refractivity contribution in [3.05, 3.63) is 170 Å². The van der Waals surface area contributed by atoms with Crippen LogP contribution in [-0.2, 0) is 9.84 Å². The zero-order valence-electron chi connectivity index (χ0n) is 26.3. The van der Waals surface area contributed by atoms with Gasteiger partial charge in [0.05, 0.1) is 9.79 Å². The quantitative estimate of drug-likeness (QED) is 0.187. The Kier molecular flexibility index (Phi) is 7.47. The van der Waals surface area contributed by atoms with Crippen LogP contribution < -0.4 is 0 Å². The van der Waals surface area contributed by atoms with Gasteiger partial charge in [0.15, 0.2) is 0 Å². The highest BCUT2D eigenvalue weighted by Crippen LogP contribution is 2.39.